The van der Waals surface area contributed by atoms with Crippen molar-refractivity contribution in [3.63, 3.8) is 0 Å². The molecule has 1 aliphatic heterocycles. The van der Waals surface area contributed by atoms with Gasteiger partial charge in [0, 0.05) is 24.8 Å². The Kier molecular flexibility index (Phi) is 3.93. The zero-order chi connectivity index (χ0) is 13.9. The third kappa shape index (κ3) is 3.13. The van der Waals surface area contributed by atoms with Crippen molar-refractivity contribution in [2.75, 3.05) is 24.5 Å². The Morgan fingerprint density at radius 1 is 1.30 bits per heavy atom. The van der Waals surface area contributed by atoms with E-state index in [-0.39, 0.29) is 0 Å². The van der Waals surface area contributed by atoms with Crippen LogP contribution in [0.15, 0.2) is 18.2 Å². The Bertz CT molecular complexity index is 507. The van der Waals surface area contributed by atoms with E-state index in [1.54, 1.807) is 0 Å². The number of benzene rings is 1. The lowest BCUT2D eigenvalue weighted by atomic mass is 10.1. The molecule has 1 saturated heterocycles. The minimum absolute atomic E-state index is 0.629. The van der Waals surface area contributed by atoms with Gasteiger partial charge < -0.3 is 10.2 Å². The first-order chi connectivity index (χ1) is 9.76. The van der Waals surface area contributed by atoms with Crippen LogP contribution in [0.5, 0.6) is 0 Å². The summed E-state index contributed by atoms with van der Waals surface area (Å²) in [5.74, 6) is 0.882. The lowest BCUT2D eigenvalue weighted by molar-refractivity contribution is 0.570. The zero-order valence-corrected chi connectivity index (χ0v) is 12.2. The number of anilines is 1. The SMILES string of the molecule is Cc1cc(N(CC2CC2)CC2CCCN2)ccc1C#N. The molecule has 1 saturated carbocycles. The monoisotopic (exact) mass is 269 g/mol. The van der Waals surface area contributed by atoms with Crippen molar-refractivity contribution < 1.29 is 0 Å². The average molecular weight is 269 g/mol. The second-order valence-electron chi connectivity index (χ2n) is 6.25. The fourth-order valence-corrected chi connectivity index (χ4v) is 3.05. The van der Waals surface area contributed by atoms with E-state index >= 15 is 0 Å². The van der Waals surface area contributed by atoms with Crippen LogP contribution >= 0.6 is 0 Å². The molecule has 3 nitrogen and oxygen atoms in total. The summed E-state index contributed by atoms with van der Waals surface area (Å²) < 4.78 is 0. The van der Waals surface area contributed by atoms with E-state index in [1.807, 2.05) is 13.0 Å². The molecule has 1 unspecified atom stereocenters. The summed E-state index contributed by atoms with van der Waals surface area (Å²) in [6.45, 7) is 5.46. The minimum Gasteiger partial charge on any atom is -0.370 e. The van der Waals surface area contributed by atoms with Crippen molar-refractivity contribution in [1.29, 1.82) is 5.26 Å². The Labute approximate surface area is 121 Å². The Morgan fingerprint density at radius 3 is 2.75 bits per heavy atom. The molecule has 1 aliphatic carbocycles. The van der Waals surface area contributed by atoms with Crippen LogP contribution in [0.25, 0.3) is 0 Å². The van der Waals surface area contributed by atoms with E-state index in [2.05, 4.69) is 28.4 Å². The van der Waals surface area contributed by atoms with E-state index in [4.69, 9.17) is 5.26 Å². The fourth-order valence-electron chi connectivity index (χ4n) is 3.05. The van der Waals surface area contributed by atoms with Crippen LogP contribution in [0.3, 0.4) is 0 Å². The van der Waals surface area contributed by atoms with Gasteiger partial charge in [-0.25, -0.2) is 0 Å². The van der Waals surface area contributed by atoms with Gasteiger partial charge in [0.2, 0.25) is 0 Å². The molecule has 1 N–H and O–H groups in total. The zero-order valence-electron chi connectivity index (χ0n) is 12.2. The van der Waals surface area contributed by atoms with Crippen LogP contribution in [-0.2, 0) is 0 Å². The molecule has 0 spiro atoms. The number of nitrogens with one attached hydrogen (secondary N) is 1. The molecule has 1 aromatic rings. The van der Waals surface area contributed by atoms with Gasteiger partial charge in [-0.15, -0.1) is 0 Å². The molecule has 0 bridgehead atoms. The molecule has 1 heterocycles. The van der Waals surface area contributed by atoms with Gasteiger partial charge in [-0.05, 0) is 68.8 Å². The van der Waals surface area contributed by atoms with Gasteiger partial charge in [0.05, 0.1) is 11.6 Å². The summed E-state index contributed by atoms with van der Waals surface area (Å²) in [5.41, 5.74) is 3.16. The van der Waals surface area contributed by atoms with Gasteiger partial charge >= 0.3 is 0 Å². The molecule has 2 aliphatic rings. The molecule has 0 radical (unpaired) electrons. The van der Waals surface area contributed by atoms with E-state index in [0.717, 1.165) is 30.1 Å². The van der Waals surface area contributed by atoms with Gasteiger partial charge in [0.15, 0.2) is 0 Å². The molecule has 1 aromatic carbocycles. The number of rotatable bonds is 5. The Balaban J connectivity index is 1.76. The van der Waals surface area contributed by atoms with Crippen LogP contribution in [0.4, 0.5) is 5.69 Å². The normalized spacial score (nSPS) is 21.7. The smallest absolute Gasteiger partial charge is 0.0994 e. The first kappa shape index (κ1) is 13.5. The lowest BCUT2D eigenvalue weighted by Crippen LogP contribution is -2.38. The molecule has 106 valence electrons. The van der Waals surface area contributed by atoms with E-state index in [0.29, 0.717) is 6.04 Å². The molecule has 0 aromatic heterocycles. The highest BCUT2D eigenvalue weighted by atomic mass is 15.2. The summed E-state index contributed by atoms with van der Waals surface area (Å²) in [6, 6.07) is 9.14. The van der Waals surface area contributed by atoms with Crippen molar-refractivity contribution in [1.82, 2.24) is 5.32 Å². The maximum Gasteiger partial charge on any atom is 0.0994 e. The van der Waals surface area contributed by atoms with Crippen molar-refractivity contribution in [3.8, 4) is 6.07 Å². The highest BCUT2D eigenvalue weighted by Gasteiger charge is 2.26. The van der Waals surface area contributed by atoms with Gasteiger partial charge in [-0.2, -0.15) is 5.26 Å². The summed E-state index contributed by atoms with van der Waals surface area (Å²) in [5, 5.41) is 12.7. The third-order valence-corrected chi connectivity index (χ3v) is 4.47. The highest BCUT2D eigenvalue weighted by molar-refractivity contribution is 5.53. The van der Waals surface area contributed by atoms with E-state index in [1.165, 1.54) is 37.9 Å². The topological polar surface area (TPSA) is 39.1 Å². The second kappa shape index (κ2) is 5.85. The van der Waals surface area contributed by atoms with Crippen molar-refractivity contribution in [2.45, 2.75) is 38.6 Å². The number of nitrogens with zero attached hydrogens (tertiary/aromatic N) is 2. The Hall–Kier alpha value is -1.53. The fraction of sp³-hybridized carbons (Fsp3) is 0.588. The predicted octanol–water partition coefficient (Wildman–Crippen LogP) is 2.84. The highest BCUT2D eigenvalue weighted by Crippen LogP contribution is 2.32. The number of aryl methyl sites for hydroxylation is 1. The molecule has 2 fully saturated rings. The first-order valence-corrected chi connectivity index (χ1v) is 7.75. The van der Waals surface area contributed by atoms with Crippen molar-refractivity contribution in [2.24, 2.45) is 5.92 Å². The molecule has 0 amide bonds. The van der Waals surface area contributed by atoms with Crippen LogP contribution in [0, 0.1) is 24.2 Å². The molecule has 20 heavy (non-hydrogen) atoms. The van der Waals surface area contributed by atoms with Crippen LogP contribution < -0.4 is 10.2 Å². The lowest BCUT2D eigenvalue weighted by Gasteiger charge is -2.28. The van der Waals surface area contributed by atoms with E-state index in [9.17, 15) is 0 Å². The van der Waals surface area contributed by atoms with Crippen LogP contribution in [-0.4, -0.2) is 25.7 Å². The van der Waals surface area contributed by atoms with Gasteiger partial charge in [-0.3, -0.25) is 0 Å². The largest absolute Gasteiger partial charge is 0.370 e. The third-order valence-electron chi connectivity index (χ3n) is 4.47. The number of hydrogen-bond acceptors (Lipinski definition) is 3. The van der Waals surface area contributed by atoms with Gasteiger partial charge in [0.1, 0.15) is 0 Å². The maximum absolute atomic E-state index is 9.06. The predicted molar refractivity (Wildman–Crippen MR) is 81.9 cm³/mol. The average Bonchev–Trinajstić information content (AvgIpc) is 3.11. The van der Waals surface area contributed by atoms with Gasteiger partial charge in [-0.1, -0.05) is 0 Å². The minimum atomic E-state index is 0.629. The summed E-state index contributed by atoms with van der Waals surface area (Å²) >= 11 is 0. The molecule has 1 atom stereocenters. The van der Waals surface area contributed by atoms with Crippen LogP contribution in [0.2, 0.25) is 0 Å². The first-order valence-electron chi connectivity index (χ1n) is 7.75. The standard InChI is InChI=1S/C17H23N3/c1-13-9-17(7-6-15(13)10-18)20(11-14-4-5-14)12-16-3-2-8-19-16/h6-7,9,14,16,19H,2-5,8,11-12H2,1H3. The molecule has 3 rings (SSSR count). The molecule has 3 heteroatoms. The Morgan fingerprint density at radius 2 is 2.15 bits per heavy atom. The van der Waals surface area contributed by atoms with E-state index < -0.39 is 0 Å². The maximum atomic E-state index is 9.06. The molecular weight excluding hydrogens is 246 g/mol. The summed E-state index contributed by atoms with van der Waals surface area (Å²) in [6.07, 6.45) is 5.35. The van der Waals surface area contributed by atoms with Crippen molar-refractivity contribution >= 4 is 5.69 Å². The number of nitriles is 1. The van der Waals surface area contributed by atoms with Gasteiger partial charge in [0.25, 0.3) is 0 Å². The number of hydrogen-bond donors (Lipinski definition) is 1. The van der Waals surface area contributed by atoms with Crippen LogP contribution in [0.1, 0.15) is 36.8 Å². The quantitative estimate of drug-likeness (QED) is 0.893. The molecular formula is C17H23N3. The summed E-state index contributed by atoms with van der Waals surface area (Å²) in [7, 11) is 0. The summed E-state index contributed by atoms with van der Waals surface area (Å²) in [4.78, 5) is 2.52. The second-order valence-corrected chi connectivity index (χ2v) is 6.25. The van der Waals surface area contributed by atoms with Crippen molar-refractivity contribution in [3.05, 3.63) is 29.3 Å².